The summed E-state index contributed by atoms with van der Waals surface area (Å²) in [7, 11) is 0. The van der Waals surface area contributed by atoms with Crippen LogP contribution in [0.1, 0.15) is 10.5 Å². The van der Waals surface area contributed by atoms with Crippen molar-refractivity contribution in [2.75, 3.05) is 0 Å². The van der Waals surface area contributed by atoms with Gasteiger partial charge in [-0.25, -0.2) is 9.48 Å². The van der Waals surface area contributed by atoms with Gasteiger partial charge in [-0.2, -0.15) is 5.10 Å². The van der Waals surface area contributed by atoms with Crippen LogP contribution in [-0.2, 0) is 0 Å². The van der Waals surface area contributed by atoms with Crippen molar-refractivity contribution in [2.45, 2.75) is 0 Å². The molecule has 1 aromatic carbocycles. The Hall–Kier alpha value is -2.30. The molecule has 0 amide bonds. The Kier molecular flexibility index (Phi) is 2.13. The average Bonchev–Trinajstić information content (AvgIpc) is 2.62. The molecule has 1 heterocycles. The molecule has 5 nitrogen and oxygen atoms in total. The first-order valence-electron chi connectivity index (χ1n) is 4.24. The maximum atomic E-state index is 11.2. The Morgan fingerprint density at radius 2 is 2.00 bits per heavy atom. The maximum Gasteiger partial charge on any atom is 0.355 e. The van der Waals surface area contributed by atoms with Gasteiger partial charge in [0.2, 0.25) is 0 Å². The molecule has 1 aromatic heterocycles. The third kappa shape index (κ3) is 1.67. The van der Waals surface area contributed by atoms with Gasteiger partial charge in [-0.1, -0.05) is 23.9 Å². The molecule has 0 saturated heterocycles. The minimum absolute atomic E-state index is 0.459. The molecule has 0 aliphatic carbocycles. The first-order chi connectivity index (χ1) is 7.18. The van der Waals surface area contributed by atoms with E-state index >= 15 is 0 Å². The van der Waals surface area contributed by atoms with E-state index in [2.05, 4.69) is 5.10 Å². The van der Waals surface area contributed by atoms with Gasteiger partial charge in [-0.3, -0.25) is 0 Å². The fourth-order valence-electron chi connectivity index (χ4n) is 1.22. The SMILES string of the molecule is O=C(O)c1nn(-c2ccccc2)cc1[O-]. The molecule has 0 fully saturated rings. The number of rotatable bonds is 2. The molecule has 5 heteroatoms. The second-order valence-corrected chi connectivity index (χ2v) is 2.93. The van der Waals surface area contributed by atoms with Gasteiger partial charge in [0.05, 0.1) is 5.69 Å². The van der Waals surface area contributed by atoms with Crippen molar-refractivity contribution in [3.05, 3.63) is 42.2 Å². The van der Waals surface area contributed by atoms with Crippen molar-refractivity contribution in [2.24, 2.45) is 0 Å². The molecular weight excluding hydrogens is 196 g/mol. The molecule has 2 aromatic rings. The number of aromatic carboxylic acids is 1. The standard InChI is InChI=1S/C10H8N2O3/c13-8-6-12(11-9(8)10(14)15)7-4-2-1-3-5-7/h1-6,13H,(H,14,15)/p-1. The molecule has 0 radical (unpaired) electrons. The quantitative estimate of drug-likeness (QED) is 0.777. The predicted molar refractivity (Wildman–Crippen MR) is 50.0 cm³/mol. The monoisotopic (exact) mass is 203 g/mol. The van der Waals surface area contributed by atoms with Gasteiger partial charge in [-0.15, -0.1) is 0 Å². The van der Waals surface area contributed by atoms with Crippen molar-refractivity contribution in [1.82, 2.24) is 9.78 Å². The van der Waals surface area contributed by atoms with Gasteiger partial charge >= 0.3 is 5.97 Å². The molecule has 76 valence electrons. The van der Waals surface area contributed by atoms with Crippen molar-refractivity contribution >= 4 is 5.97 Å². The van der Waals surface area contributed by atoms with Gasteiger partial charge in [-0.05, 0) is 12.1 Å². The minimum atomic E-state index is -1.31. The second-order valence-electron chi connectivity index (χ2n) is 2.93. The van der Waals surface area contributed by atoms with Gasteiger partial charge < -0.3 is 10.2 Å². The van der Waals surface area contributed by atoms with Crippen LogP contribution >= 0.6 is 0 Å². The van der Waals surface area contributed by atoms with Crippen LogP contribution in [0.25, 0.3) is 5.69 Å². The number of hydrogen-bond acceptors (Lipinski definition) is 3. The normalized spacial score (nSPS) is 10.1. The third-order valence-electron chi connectivity index (χ3n) is 1.90. The smallest absolute Gasteiger partial charge is 0.355 e. The lowest BCUT2D eigenvalue weighted by Gasteiger charge is -1.99. The van der Waals surface area contributed by atoms with Crippen molar-refractivity contribution in [1.29, 1.82) is 0 Å². The number of carboxylic acids is 1. The highest BCUT2D eigenvalue weighted by molar-refractivity contribution is 5.88. The Labute approximate surface area is 85.2 Å². The van der Waals surface area contributed by atoms with Crippen LogP contribution in [0, 0.1) is 0 Å². The van der Waals surface area contributed by atoms with Gasteiger partial charge in [0.1, 0.15) is 0 Å². The predicted octanol–water partition coefficient (Wildman–Crippen LogP) is 0.644. The fraction of sp³-hybridized carbons (Fsp3) is 0. The highest BCUT2D eigenvalue weighted by Crippen LogP contribution is 2.14. The first-order valence-corrected chi connectivity index (χ1v) is 4.24. The zero-order valence-electron chi connectivity index (χ0n) is 7.62. The Morgan fingerprint density at radius 1 is 1.33 bits per heavy atom. The summed E-state index contributed by atoms with van der Waals surface area (Å²) in [5.41, 5.74) is 0.195. The highest BCUT2D eigenvalue weighted by atomic mass is 16.4. The Bertz CT molecular complexity index is 491. The largest absolute Gasteiger partial charge is 0.870 e. The average molecular weight is 203 g/mol. The van der Waals surface area contributed by atoms with E-state index in [1.54, 1.807) is 24.3 Å². The molecule has 1 N–H and O–H groups in total. The van der Waals surface area contributed by atoms with Gasteiger partial charge in [0.15, 0.2) is 5.69 Å². The van der Waals surface area contributed by atoms with E-state index in [1.807, 2.05) is 6.07 Å². The lowest BCUT2D eigenvalue weighted by molar-refractivity contribution is -0.268. The summed E-state index contributed by atoms with van der Waals surface area (Å²) < 4.78 is 1.26. The zero-order chi connectivity index (χ0) is 10.8. The summed E-state index contributed by atoms with van der Waals surface area (Å²) in [6.07, 6.45) is 1.15. The number of aromatic nitrogens is 2. The number of nitrogens with zero attached hydrogens (tertiary/aromatic N) is 2. The van der Waals surface area contributed by atoms with Crippen LogP contribution in [0.3, 0.4) is 0 Å². The van der Waals surface area contributed by atoms with E-state index in [-0.39, 0.29) is 0 Å². The summed E-state index contributed by atoms with van der Waals surface area (Å²) in [5, 5.41) is 23.5. The van der Waals surface area contributed by atoms with Crippen molar-refractivity contribution in [3.63, 3.8) is 0 Å². The highest BCUT2D eigenvalue weighted by Gasteiger charge is 2.09. The minimum Gasteiger partial charge on any atom is -0.870 e. The first kappa shape index (κ1) is 9.26. The van der Waals surface area contributed by atoms with Crippen LogP contribution in [0.4, 0.5) is 0 Å². The molecule has 0 atom stereocenters. The number of benzene rings is 1. The molecule has 0 unspecified atom stereocenters. The summed E-state index contributed by atoms with van der Waals surface area (Å²) in [6.45, 7) is 0. The topological polar surface area (TPSA) is 78.2 Å². The molecule has 0 bridgehead atoms. The summed E-state index contributed by atoms with van der Waals surface area (Å²) in [6, 6.07) is 8.85. The molecular formula is C10H7N2O3-. The Balaban J connectivity index is 2.48. The third-order valence-corrected chi connectivity index (χ3v) is 1.90. The number of carboxylic acid groups (broad SMARTS) is 1. The van der Waals surface area contributed by atoms with Crippen molar-refractivity contribution in [3.8, 4) is 11.4 Å². The van der Waals surface area contributed by atoms with Crippen LogP contribution in [0.2, 0.25) is 0 Å². The van der Waals surface area contributed by atoms with Crippen LogP contribution in [0.5, 0.6) is 5.75 Å². The van der Waals surface area contributed by atoms with E-state index < -0.39 is 17.4 Å². The zero-order valence-corrected chi connectivity index (χ0v) is 7.62. The van der Waals surface area contributed by atoms with Gasteiger partial charge in [0, 0.05) is 6.20 Å². The second kappa shape index (κ2) is 3.45. The van der Waals surface area contributed by atoms with Crippen molar-refractivity contribution < 1.29 is 15.0 Å². The van der Waals surface area contributed by atoms with E-state index in [0.717, 1.165) is 6.20 Å². The van der Waals surface area contributed by atoms with E-state index in [0.29, 0.717) is 5.69 Å². The summed E-state index contributed by atoms with van der Waals surface area (Å²) >= 11 is 0. The molecule has 0 aliphatic rings. The molecule has 0 spiro atoms. The van der Waals surface area contributed by atoms with E-state index in [4.69, 9.17) is 5.11 Å². The number of carbonyl (C=O) groups is 1. The number of hydrogen-bond donors (Lipinski definition) is 1. The van der Waals surface area contributed by atoms with Crippen LogP contribution in [0.15, 0.2) is 36.5 Å². The number of para-hydroxylation sites is 1. The molecule has 2 rings (SSSR count). The molecule has 0 aliphatic heterocycles. The maximum absolute atomic E-state index is 11.2. The molecule has 15 heavy (non-hydrogen) atoms. The van der Waals surface area contributed by atoms with E-state index in [1.165, 1.54) is 4.68 Å². The summed E-state index contributed by atoms with van der Waals surface area (Å²) in [5.74, 6) is -1.90. The lowest BCUT2D eigenvalue weighted by Crippen LogP contribution is -2.03. The van der Waals surface area contributed by atoms with Crippen LogP contribution < -0.4 is 5.11 Å². The van der Waals surface area contributed by atoms with E-state index in [9.17, 15) is 9.90 Å². The van der Waals surface area contributed by atoms with Crippen LogP contribution in [-0.4, -0.2) is 20.9 Å². The van der Waals surface area contributed by atoms with Gasteiger partial charge in [0.25, 0.3) is 0 Å². The summed E-state index contributed by atoms with van der Waals surface area (Å²) in [4.78, 5) is 10.6. The lowest BCUT2D eigenvalue weighted by atomic mass is 10.3. The Morgan fingerprint density at radius 3 is 2.53 bits per heavy atom. The molecule has 0 saturated carbocycles. The fourth-order valence-corrected chi connectivity index (χ4v) is 1.22.